The summed E-state index contributed by atoms with van der Waals surface area (Å²) in [6.45, 7) is 6.82. The van der Waals surface area contributed by atoms with Crippen LogP contribution in [0.2, 0.25) is 0 Å². The number of benzene rings is 1. The van der Waals surface area contributed by atoms with Crippen molar-refractivity contribution >= 4 is 8.80 Å². The predicted molar refractivity (Wildman–Crippen MR) is 69.8 cm³/mol. The third-order valence-corrected chi connectivity index (χ3v) is 6.34. The molecule has 0 saturated carbocycles. The molecule has 2 rings (SSSR count). The zero-order chi connectivity index (χ0) is 10.8. The van der Waals surface area contributed by atoms with Crippen LogP contribution in [0.1, 0.15) is 29.2 Å². The van der Waals surface area contributed by atoms with Gasteiger partial charge in [0.15, 0.2) is 0 Å². The summed E-state index contributed by atoms with van der Waals surface area (Å²) in [6.07, 6.45) is 4.41. The van der Waals surface area contributed by atoms with Crippen LogP contribution in [-0.2, 0) is 0 Å². The topological polar surface area (TPSA) is 0 Å². The van der Waals surface area contributed by atoms with Crippen molar-refractivity contribution in [1.29, 1.82) is 0 Å². The Morgan fingerprint density at radius 3 is 2.40 bits per heavy atom. The molecule has 1 atom stereocenters. The van der Waals surface area contributed by atoms with E-state index in [4.69, 9.17) is 0 Å². The highest BCUT2D eigenvalue weighted by Gasteiger charge is 2.18. The van der Waals surface area contributed by atoms with Gasteiger partial charge >= 0.3 is 0 Å². The average molecular weight is 214 g/mol. The first kappa shape index (κ1) is 10.4. The van der Waals surface area contributed by atoms with Gasteiger partial charge in [-0.05, 0) is 36.1 Å². The van der Waals surface area contributed by atoms with Crippen molar-refractivity contribution in [2.75, 3.05) is 0 Å². The fourth-order valence-corrected chi connectivity index (χ4v) is 4.60. The largest absolute Gasteiger partial charge is 0.0930 e. The van der Waals surface area contributed by atoms with E-state index in [1.54, 1.807) is 5.56 Å². The summed E-state index contributed by atoms with van der Waals surface area (Å²) in [5, 5.41) is 0. The van der Waals surface area contributed by atoms with Crippen molar-refractivity contribution in [3.05, 3.63) is 58.4 Å². The van der Waals surface area contributed by atoms with E-state index in [1.807, 2.05) is 0 Å². The smallest absolute Gasteiger partial charge is 0.0922 e. The number of rotatable bonds is 2. The molecule has 0 saturated heterocycles. The van der Waals surface area contributed by atoms with Gasteiger partial charge in [0, 0.05) is 0 Å². The lowest BCUT2D eigenvalue weighted by atomic mass is 10.0. The normalized spacial score (nSPS) is 17.3. The van der Waals surface area contributed by atoms with Gasteiger partial charge in [-0.25, -0.2) is 0 Å². The van der Waals surface area contributed by atoms with E-state index in [9.17, 15) is 0 Å². The minimum atomic E-state index is -0.812. The van der Waals surface area contributed by atoms with Crippen LogP contribution >= 0.6 is 0 Å². The number of allylic oxidation sites excluding steroid dienone is 2. The van der Waals surface area contributed by atoms with Crippen molar-refractivity contribution in [3.63, 3.8) is 0 Å². The summed E-state index contributed by atoms with van der Waals surface area (Å²) in [4.78, 5) is 0. The van der Waals surface area contributed by atoms with E-state index < -0.39 is 8.80 Å². The minimum absolute atomic E-state index is 0.722. The lowest BCUT2D eigenvalue weighted by Gasteiger charge is -2.18. The first-order valence-electron chi connectivity index (χ1n) is 5.61. The van der Waals surface area contributed by atoms with E-state index >= 15 is 0 Å². The molecule has 0 nitrogen and oxygen atoms in total. The molecule has 0 spiro atoms. The van der Waals surface area contributed by atoms with Gasteiger partial charge < -0.3 is 0 Å². The van der Waals surface area contributed by atoms with Crippen LogP contribution in [0.4, 0.5) is 0 Å². The highest BCUT2D eigenvalue weighted by atomic mass is 28.3. The molecule has 1 aromatic carbocycles. The zero-order valence-electron chi connectivity index (χ0n) is 9.70. The average Bonchev–Trinajstić information content (AvgIpc) is 2.74. The SMILES string of the molecule is Cc1cccc(C(C)[SiH]2C=CC=C2)c1C. The first-order chi connectivity index (χ1) is 7.20. The van der Waals surface area contributed by atoms with E-state index in [-0.39, 0.29) is 0 Å². The van der Waals surface area contributed by atoms with Gasteiger partial charge in [0.05, 0.1) is 8.80 Å². The van der Waals surface area contributed by atoms with Crippen molar-refractivity contribution in [2.45, 2.75) is 26.3 Å². The molecule has 0 aliphatic carbocycles. The molecule has 1 aliphatic rings. The highest BCUT2D eigenvalue weighted by molar-refractivity contribution is 6.71. The molecule has 0 N–H and O–H groups in total. The Bertz CT molecular complexity index is 403. The molecule has 1 heteroatoms. The predicted octanol–water partition coefficient (Wildman–Crippen LogP) is 3.38. The van der Waals surface area contributed by atoms with Crippen LogP contribution < -0.4 is 0 Å². The molecular formula is C14H18Si. The Morgan fingerprint density at radius 2 is 1.73 bits per heavy atom. The summed E-state index contributed by atoms with van der Waals surface area (Å²) in [5.41, 5.74) is 10.0. The van der Waals surface area contributed by atoms with Gasteiger partial charge in [-0.1, -0.05) is 48.7 Å². The summed E-state index contributed by atoms with van der Waals surface area (Å²) in [6, 6.07) is 6.68. The van der Waals surface area contributed by atoms with Gasteiger partial charge in [0.25, 0.3) is 0 Å². The Labute approximate surface area is 93.9 Å². The monoisotopic (exact) mass is 214 g/mol. The van der Waals surface area contributed by atoms with Crippen LogP contribution in [0.3, 0.4) is 0 Å². The fourth-order valence-electron chi connectivity index (χ4n) is 2.26. The molecule has 1 aromatic rings. The van der Waals surface area contributed by atoms with Crippen LogP contribution in [0.15, 0.2) is 41.7 Å². The number of aryl methyl sites for hydroxylation is 1. The molecule has 15 heavy (non-hydrogen) atoms. The molecular weight excluding hydrogens is 196 g/mol. The summed E-state index contributed by atoms with van der Waals surface area (Å²) in [5.74, 6) is 0. The molecule has 0 amide bonds. The van der Waals surface area contributed by atoms with E-state index in [1.165, 1.54) is 11.1 Å². The van der Waals surface area contributed by atoms with Crippen LogP contribution in [0.25, 0.3) is 0 Å². The van der Waals surface area contributed by atoms with Crippen LogP contribution in [0, 0.1) is 13.8 Å². The quantitative estimate of drug-likeness (QED) is 0.662. The van der Waals surface area contributed by atoms with Crippen molar-refractivity contribution < 1.29 is 0 Å². The second-order valence-electron chi connectivity index (χ2n) is 4.42. The van der Waals surface area contributed by atoms with Gasteiger partial charge in [0.2, 0.25) is 0 Å². The number of hydrogen-bond donors (Lipinski definition) is 0. The van der Waals surface area contributed by atoms with Gasteiger partial charge in [-0.15, -0.1) is 0 Å². The Kier molecular flexibility index (Phi) is 2.92. The molecule has 0 fully saturated rings. The molecule has 1 heterocycles. The lowest BCUT2D eigenvalue weighted by Crippen LogP contribution is -2.16. The van der Waals surface area contributed by atoms with E-state index in [0.717, 1.165) is 5.54 Å². The van der Waals surface area contributed by atoms with Gasteiger partial charge in [-0.3, -0.25) is 0 Å². The standard InChI is InChI=1S/C14H18Si/c1-11-7-6-8-14(12(11)2)13(3)15-9-4-5-10-15/h4-10,13,15H,1-3H3. The van der Waals surface area contributed by atoms with Crippen molar-refractivity contribution in [2.24, 2.45) is 0 Å². The maximum atomic E-state index is 2.42. The molecule has 78 valence electrons. The lowest BCUT2D eigenvalue weighted by molar-refractivity contribution is 1.03. The maximum Gasteiger partial charge on any atom is 0.0922 e. The highest BCUT2D eigenvalue weighted by Crippen LogP contribution is 2.26. The van der Waals surface area contributed by atoms with Gasteiger partial charge in [0.1, 0.15) is 0 Å². The minimum Gasteiger partial charge on any atom is -0.0930 e. The summed E-state index contributed by atoms with van der Waals surface area (Å²) < 4.78 is 0. The molecule has 0 radical (unpaired) electrons. The van der Waals surface area contributed by atoms with Gasteiger partial charge in [-0.2, -0.15) is 0 Å². The Morgan fingerprint density at radius 1 is 1.07 bits per heavy atom. The fraction of sp³-hybridized carbons (Fsp3) is 0.286. The Balaban J connectivity index is 2.32. The van der Waals surface area contributed by atoms with Crippen LogP contribution in [-0.4, -0.2) is 8.80 Å². The van der Waals surface area contributed by atoms with Crippen molar-refractivity contribution in [1.82, 2.24) is 0 Å². The van der Waals surface area contributed by atoms with Crippen LogP contribution in [0.5, 0.6) is 0 Å². The first-order valence-corrected chi connectivity index (χ1v) is 7.61. The Hall–Kier alpha value is -1.08. The zero-order valence-corrected chi connectivity index (χ0v) is 10.9. The third kappa shape index (κ3) is 1.98. The molecule has 0 aromatic heterocycles. The summed E-state index contributed by atoms with van der Waals surface area (Å²) >= 11 is 0. The molecule has 0 bridgehead atoms. The van der Waals surface area contributed by atoms with Crippen molar-refractivity contribution in [3.8, 4) is 0 Å². The number of hydrogen-bond acceptors (Lipinski definition) is 0. The summed E-state index contributed by atoms with van der Waals surface area (Å²) in [7, 11) is -0.812. The maximum absolute atomic E-state index is 2.42. The second-order valence-corrected chi connectivity index (χ2v) is 7.35. The second kappa shape index (κ2) is 4.19. The third-order valence-electron chi connectivity index (χ3n) is 3.49. The van der Waals surface area contributed by atoms with E-state index in [2.05, 4.69) is 62.5 Å². The molecule has 1 unspecified atom stereocenters. The van der Waals surface area contributed by atoms with E-state index in [0.29, 0.717) is 0 Å². The molecule has 1 aliphatic heterocycles.